The van der Waals surface area contributed by atoms with Gasteiger partial charge in [0.25, 0.3) is 0 Å². The number of aryl methyl sites for hydroxylation is 1. The van der Waals surface area contributed by atoms with Crippen LogP contribution in [0.1, 0.15) is 36.0 Å². The molecule has 0 aliphatic carbocycles. The van der Waals surface area contributed by atoms with E-state index in [-0.39, 0.29) is 5.82 Å². The molecule has 0 aromatic heterocycles. The monoisotopic (exact) mass is 307 g/mol. The summed E-state index contributed by atoms with van der Waals surface area (Å²) in [6.07, 6.45) is 5.86. The third-order valence-corrected chi connectivity index (χ3v) is 5.29. The third kappa shape index (κ3) is 2.84. The minimum atomic E-state index is -0.0949. The van der Waals surface area contributed by atoms with Crippen molar-refractivity contribution in [2.24, 2.45) is 0 Å². The van der Waals surface area contributed by atoms with Crippen molar-refractivity contribution in [3.63, 3.8) is 0 Å². The Labute approximate surface area is 137 Å². The highest BCUT2D eigenvalue weighted by molar-refractivity contribution is 5.68. The maximum atomic E-state index is 13.9. The minimum Gasteiger partial charge on any atom is -0.289 e. The van der Waals surface area contributed by atoms with E-state index in [0.29, 0.717) is 12.1 Å². The molecule has 23 heavy (non-hydrogen) atoms. The van der Waals surface area contributed by atoms with Gasteiger partial charge in [-0.1, -0.05) is 48.5 Å². The first-order valence-electron chi connectivity index (χ1n) is 8.47. The lowest BCUT2D eigenvalue weighted by Gasteiger charge is -2.34. The van der Waals surface area contributed by atoms with Crippen molar-refractivity contribution in [1.82, 2.24) is 4.90 Å². The van der Waals surface area contributed by atoms with Gasteiger partial charge in [-0.05, 0) is 54.5 Å². The van der Waals surface area contributed by atoms with Gasteiger partial charge in [-0.2, -0.15) is 0 Å². The van der Waals surface area contributed by atoms with E-state index in [1.54, 1.807) is 6.07 Å². The molecule has 2 aliphatic rings. The second-order valence-electron chi connectivity index (χ2n) is 6.82. The second kappa shape index (κ2) is 5.93. The number of nitrogens with zero attached hydrogens (tertiary/aromatic N) is 1. The average molecular weight is 307 g/mol. The van der Waals surface area contributed by atoms with Gasteiger partial charge in [-0.25, -0.2) is 4.39 Å². The van der Waals surface area contributed by atoms with Gasteiger partial charge in [0.05, 0.1) is 0 Å². The largest absolute Gasteiger partial charge is 0.289 e. The van der Waals surface area contributed by atoms with E-state index >= 15 is 0 Å². The van der Waals surface area contributed by atoms with Gasteiger partial charge in [0.15, 0.2) is 0 Å². The Balaban J connectivity index is 1.58. The van der Waals surface area contributed by atoms with Crippen LogP contribution in [0.4, 0.5) is 4.39 Å². The number of halogens is 1. The molecule has 2 aliphatic heterocycles. The fourth-order valence-corrected chi connectivity index (χ4v) is 3.97. The molecule has 0 saturated carbocycles. The number of hydrogen-bond acceptors (Lipinski definition) is 1. The van der Waals surface area contributed by atoms with E-state index in [1.807, 2.05) is 13.0 Å². The lowest BCUT2D eigenvalue weighted by atomic mass is 9.93. The van der Waals surface area contributed by atoms with Crippen LogP contribution in [0, 0.1) is 12.7 Å². The predicted octanol–water partition coefficient (Wildman–Crippen LogP) is 4.95. The van der Waals surface area contributed by atoms with Crippen LogP contribution < -0.4 is 0 Å². The Kier molecular flexibility index (Phi) is 3.78. The lowest BCUT2D eigenvalue weighted by molar-refractivity contribution is 0.203. The number of hydrogen-bond donors (Lipinski definition) is 0. The van der Waals surface area contributed by atoms with Gasteiger partial charge in [0.1, 0.15) is 5.82 Å². The van der Waals surface area contributed by atoms with E-state index < -0.39 is 0 Å². The van der Waals surface area contributed by atoms with E-state index in [4.69, 9.17) is 0 Å². The summed E-state index contributed by atoms with van der Waals surface area (Å²) in [4.78, 5) is 2.61. The van der Waals surface area contributed by atoms with Crippen LogP contribution in [-0.4, -0.2) is 17.0 Å². The molecule has 2 heteroatoms. The quantitative estimate of drug-likeness (QED) is 0.775. The Hall–Kier alpha value is -1.93. The molecule has 4 rings (SSSR count). The number of benzene rings is 2. The molecule has 0 spiro atoms. The van der Waals surface area contributed by atoms with Crippen molar-refractivity contribution < 1.29 is 4.39 Å². The zero-order valence-electron chi connectivity index (χ0n) is 13.5. The zero-order valence-corrected chi connectivity index (χ0v) is 13.5. The highest BCUT2D eigenvalue weighted by Crippen LogP contribution is 2.39. The molecular weight excluding hydrogens is 285 g/mol. The molecule has 0 radical (unpaired) electrons. The first-order valence-corrected chi connectivity index (χ1v) is 8.47. The molecule has 1 nitrogen and oxygen atoms in total. The molecule has 0 amide bonds. The summed E-state index contributed by atoms with van der Waals surface area (Å²) < 4.78 is 13.9. The van der Waals surface area contributed by atoms with E-state index in [9.17, 15) is 4.39 Å². The summed E-state index contributed by atoms with van der Waals surface area (Å²) in [5.74, 6) is -0.0949. The first-order chi connectivity index (χ1) is 11.2. The summed E-state index contributed by atoms with van der Waals surface area (Å²) in [7, 11) is 0. The van der Waals surface area contributed by atoms with E-state index in [0.717, 1.165) is 24.1 Å². The predicted molar refractivity (Wildman–Crippen MR) is 92.5 cm³/mol. The van der Waals surface area contributed by atoms with Gasteiger partial charge in [-0.3, -0.25) is 4.90 Å². The Morgan fingerprint density at radius 1 is 1.09 bits per heavy atom. The van der Waals surface area contributed by atoms with Crippen LogP contribution in [0.3, 0.4) is 0 Å². The van der Waals surface area contributed by atoms with E-state index in [1.165, 1.54) is 24.0 Å². The average Bonchev–Trinajstić information content (AvgIpc) is 2.80. The highest BCUT2D eigenvalue weighted by Gasteiger charge is 2.36. The fourth-order valence-electron chi connectivity index (χ4n) is 3.97. The Morgan fingerprint density at radius 2 is 1.91 bits per heavy atom. The number of fused-ring (bicyclic) bond motifs is 2. The van der Waals surface area contributed by atoms with E-state index in [2.05, 4.69) is 47.4 Å². The van der Waals surface area contributed by atoms with Crippen molar-refractivity contribution in [3.05, 3.63) is 77.1 Å². The second-order valence-corrected chi connectivity index (χ2v) is 6.82. The highest BCUT2D eigenvalue weighted by atomic mass is 19.1. The molecule has 2 aromatic rings. The Bertz CT molecular complexity index is 735. The first kappa shape index (κ1) is 14.6. The molecule has 118 valence electrons. The Morgan fingerprint density at radius 3 is 2.65 bits per heavy atom. The zero-order chi connectivity index (χ0) is 15.8. The van der Waals surface area contributed by atoms with Crippen LogP contribution in [0.15, 0.2) is 54.6 Å². The molecule has 1 saturated heterocycles. The van der Waals surface area contributed by atoms with Crippen molar-refractivity contribution >= 4 is 5.57 Å². The maximum absolute atomic E-state index is 13.9. The standard InChI is InChI=1S/C21H22FN/c1-15-7-8-17(13-21(15)22)18-11-19-9-10-20(12-18)23(19)14-16-5-3-2-4-6-16/h2-8,11,13,19-20H,9-10,12,14H2,1H3. The lowest BCUT2D eigenvalue weighted by Crippen LogP contribution is -2.37. The van der Waals surface area contributed by atoms with Gasteiger partial charge in [-0.15, -0.1) is 0 Å². The maximum Gasteiger partial charge on any atom is 0.126 e. The summed E-state index contributed by atoms with van der Waals surface area (Å²) >= 11 is 0. The van der Waals surface area contributed by atoms with Gasteiger partial charge < -0.3 is 0 Å². The summed E-state index contributed by atoms with van der Waals surface area (Å²) in [5, 5.41) is 0. The minimum absolute atomic E-state index is 0.0949. The van der Waals surface area contributed by atoms with Gasteiger partial charge in [0, 0.05) is 18.6 Å². The van der Waals surface area contributed by atoms with Crippen molar-refractivity contribution in [2.45, 2.75) is 44.8 Å². The van der Waals surface area contributed by atoms with Crippen LogP contribution in [0.25, 0.3) is 5.57 Å². The summed E-state index contributed by atoms with van der Waals surface area (Å²) in [6.45, 7) is 2.84. The molecule has 2 unspecified atom stereocenters. The van der Waals surface area contributed by atoms with Crippen LogP contribution in [0.2, 0.25) is 0 Å². The normalized spacial score (nSPS) is 23.8. The molecule has 2 bridgehead atoms. The topological polar surface area (TPSA) is 3.24 Å². The molecule has 1 fully saturated rings. The number of rotatable bonds is 3. The van der Waals surface area contributed by atoms with Crippen LogP contribution >= 0.6 is 0 Å². The van der Waals surface area contributed by atoms with Crippen LogP contribution in [0.5, 0.6) is 0 Å². The molecule has 2 heterocycles. The van der Waals surface area contributed by atoms with Crippen molar-refractivity contribution in [2.75, 3.05) is 0 Å². The van der Waals surface area contributed by atoms with Gasteiger partial charge in [0.2, 0.25) is 0 Å². The molecule has 0 N–H and O–H groups in total. The fraction of sp³-hybridized carbons (Fsp3) is 0.333. The molecule has 2 aromatic carbocycles. The third-order valence-electron chi connectivity index (χ3n) is 5.29. The van der Waals surface area contributed by atoms with Crippen molar-refractivity contribution in [1.29, 1.82) is 0 Å². The smallest absolute Gasteiger partial charge is 0.126 e. The summed E-state index contributed by atoms with van der Waals surface area (Å²) in [5.41, 5.74) is 4.48. The van der Waals surface area contributed by atoms with Gasteiger partial charge >= 0.3 is 0 Å². The van der Waals surface area contributed by atoms with Crippen molar-refractivity contribution in [3.8, 4) is 0 Å². The SMILES string of the molecule is Cc1ccc(C2=CC3CCC(C2)N3Cc2ccccc2)cc1F. The molecule has 2 atom stereocenters. The summed E-state index contributed by atoms with van der Waals surface area (Å²) in [6, 6.07) is 17.4. The molecular formula is C21H22FN. The van der Waals surface area contributed by atoms with Crippen LogP contribution in [-0.2, 0) is 6.54 Å².